The molecule has 0 saturated carbocycles. The first-order valence-electron chi connectivity index (χ1n) is 7.90. The summed E-state index contributed by atoms with van der Waals surface area (Å²) in [5.74, 6) is 1.40. The number of para-hydroxylation sites is 1. The number of hydrogen-bond donors (Lipinski definition) is 2. The Hall–Kier alpha value is -2.07. The lowest BCUT2D eigenvalue weighted by Crippen LogP contribution is -2.39. The summed E-state index contributed by atoms with van der Waals surface area (Å²) in [5.41, 5.74) is 2.31. The molecule has 0 heterocycles. The number of ether oxygens (including phenoxy) is 1. The van der Waals surface area contributed by atoms with E-state index in [9.17, 15) is 0 Å². The molecule has 0 fully saturated rings. The number of rotatable bonds is 6. The van der Waals surface area contributed by atoms with Crippen molar-refractivity contribution < 1.29 is 4.74 Å². The van der Waals surface area contributed by atoms with E-state index in [0.29, 0.717) is 17.6 Å². The van der Waals surface area contributed by atoms with Crippen molar-refractivity contribution in [1.82, 2.24) is 5.32 Å². The molecule has 23 heavy (non-hydrogen) atoms. The molecular weight excluding hydrogens is 304 g/mol. The van der Waals surface area contributed by atoms with Crippen molar-refractivity contribution in [2.75, 3.05) is 11.9 Å². The van der Waals surface area contributed by atoms with Crippen LogP contribution in [0.25, 0.3) is 0 Å². The molecule has 0 saturated heterocycles. The van der Waals surface area contributed by atoms with Crippen molar-refractivity contribution >= 4 is 23.0 Å². The van der Waals surface area contributed by atoms with Gasteiger partial charge in [-0.05, 0) is 54.9 Å². The number of benzene rings is 2. The highest BCUT2D eigenvalue weighted by Crippen LogP contribution is 2.17. The van der Waals surface area contributed by atoms with Crippen LogP contribution in [0.4, 0.5) is 5.69 Å². The molecule has 2 N–H and O–H groups in total. The Morgan fingerprint density at radius 2 is 1.65 bits per heavy atom. The summed E-state index contributed by atoms with van der Waals surface area (Å²) in [5, 5.41) is 7.04. The lowest BCUT2D eigenvalue weighted by molar-refractivity contribution is 0.287. The lowest BCUT2D eigenvalue weighted by atomic mass is 10.0. The second kappa shape index (κ2) is 8.53. The molecule has 1 atom stereocenters. The smallest absolute Gasteiger partial charge is 0.171 e. The quantitative estimate of drug-likeness (QED) is 0.761. The third-order valence-electron chi connectivity index (χ3n) is 3.46. The van der Waals surface area contributed by atoms with E-state index in [1.54, 1.807) is 0 Å². The predicted octanol–water partition coefficient (Wildman–Crippen LogP) is 4.56. The minimum atomic E-state index is 0.116. The standard InChI is InChI=1S/C19H24N2OS/c1-14(2)16-9-11-17(12-10-16)21-19(23)20-15(3)13-22-18-7-5-4-6-8-18/h4-12,14-15H,13H2,1-3H3,(H2,20,21,23)/t15-/m0/s1. The number of thiocarbonyl (C=S) groups is 1. The Balaban J connectivity index is 1.77. The van der Waals surface area contributed by atoms with Crippen LogP contribution in [-0.4, -0.2) is 17.8 Å². The minimum Gasteiger partial charge on any atom is -0.491 e. The monoisotopic (exact) mass is 328 g/mol. The van der Waals surface area contributed by atoms with E-state index in [1.807, 2.05) is 37.3 Å². The maximum absolute atomic E-state index is 5.71. The SMILES string of the molecule is CC(C)c1ccc(NC(=S)N[C@@H](C)COc2ccccc2)cc1. The fraction of sp³-hybridized carbons (Fsp3) is 0.316. The van der Waals surface area contributed by atoms with Gasteiger partial charge in [-0.3, -0.25) is 0 Å². The van der Waals surface area contributed by atoms with Crippen LogP contribution in [0.3, 0.4) is 0 Å². The molecule has 0 spiro atoms. The Labute approximate surface area is 144 Å². The molecule has 0 aliphatic heterocycles. The van der Waals surface area contributed by atoms with Crippen LogP contribution in [-0.2, 0) is 0 Å². The zero-order valence-electron chi connectivity index (χ0n) is 13.9. The van der Waals surface area contributed by atoms with Gasteiger partial charge in [0.1, 0.15) is 12.4 Å². The molecule has 0 aromatic heterocycles. The van der Waals surface area contributed by atoms with Crippen LogP contribution >= 0.6 is 12.2 Å². The van der Waals surface area contributed by atoms with Gasteiger partial charge in [0, 0.05) is 5.69 Å². The maximum atomic E-state index is 5.71. The van der Waals surface area contributed by atoms with Crippen LogP contribution in [0.5, 0.6) is 5.75 Å². The zero-order chi connectivity index (χ0) is 16.7. The Morgan fingerprint density at radius 3 is 2.26 bits per heavy atom. The lowest BCUT2D eigenvalue weighted by Gasteiger charge is -2.18. The van der Waals surface area contributed by atoms with Gasteiger partial charge in [0.25, 0.3) is 0 Å². The van der Waals surface area contributed by atoms with E-state index < -0.39 is 0 Å². The third kappa shape index (κ3) is 5.91. The van der Waals surface area contributed by atoms with Crippen molar-refractivity contribution in [3.05, 3.63) is 60.2 Å². The van der Waals surface area contributed by atoms with Gasteiger partial charge in [-0.1, -0.05) is 44.2 Å². The first kappa shape index (κ1) is 17.3. The zero-order valence-corrected chi connectivity index (χ0v) is 14.7. The first-order chi connectivity index (χ1) is 11.0. The van der Waals surface area contributed by atoms with E-state index in [1.165, 1.54) is 5.56 Å². The average molecular weight is 328 g/mol. The van der Waals surface area contributed by atoms with Crippen molar-refractivity contribution in [3.8, 4) is 5.75 Å². The first-order valence-corrected chi connectivity index (χ1v) is 8.30. The third-order valence-corrected chi connectivity index (χ3v) is 3.68. The highest BCUT2D eigenvalue weighted by molar-refractivity contribution is 7.80. The molecule has 0 radical (unpaired) electrons. The van der Waals surface area contributed by atoms with Crippen molar-refractivity contribution in [3.63, 3.8) is 0 Å². The van der Waals surface area contributed by atoms with Crippen LogP contribution in [0, 0.1) is 0 Å². The Morgan fingerprint density at radius 1 is 1.00 bits per heavy atom. The molecule has 0 unspecified atom stereocenters. The summed E-state index contributed by atoms with van der Waals surface area (Å²) >= 11 is 5.35. The summed E-state index contributed by atoms with van der Waals surface area (Å²) < 4.78 is 5.71. The molecule has 2 aromatic rings. The molecule has 3 nitrogen and oxygen atoms in total. The molecule has 0 aliphatic rings. The van der Waals surface area contributed by atoms with E-state index in [4.69, 9.17) is 17.0 Å². The molecule has 0 amide bonds. The fourth-order valence-corrected chi connectivity index (χ4v) is 2.44. The van der Waals surface area contributed by atoms with Gasteiger partial charge in [0.05, 0.1) is 6.04 Å². The topological polar surface area (TPSA) is 33.3 Å². The highest BCUT2D eigenvalue weighted by Gasteiger charge is 2.06. The van der Waals surface area contributed by atoms with Gasteiger partial charge >= 0.3 is 0 Å². The van der Waals surface area contributed by atoms with Gasteiger partial charge < -0.3 is 15.4 Å². The van der Waals surface area contributed by atoms with Crippen LogP contribution in [0.2, 0.25) is 0 Å². The van der Waals surface area contributed by atoms with Gasteiger partial charge in [0.15, 0.2) is 5.11 Å². The molecular formula is C19H24N2OS. The van der Waals surface area contributed by atoms with E-state index in [0.717, 1.165) is 11.4 Å². The molecule has 2 rings (SSSR count). The van der Waals surface area contributed by atoms with Crippen LogP contribution in [0.15, 0.2) is 54.6 Å². The van der Waals surface area contributed by atoms with Crippen molar-refractivity contribution in [1.29, 1.82) is 0 Å². The van der Waals surface area contributed by atoms with Crippen LogP contribution in [0.1, 0.15) is 32.3 Å². The fourth-order valence-electron chi connectivity index (χ4n) is 2.12. The average Bonchev–Trinajstić information content (AvgIpc) is 2.54. The summed E-state index contributed by atoms with van der Waals surface area (Å²) in [6, 6.07) is 18.2. The second-order valence-electron chi connectivity index (χ2n) is 5.90. The van der Waals surface area contributed by atoms with Crippen molar-refractivity contribution in [2.45, 2.75) is 32.7 Å². The molecule has 2 aromatic carbocycles. The Bertz CT molecular complexity index is 611. The molecule has 0 aliphatic carbocycles. The maximum Gasteiger partial charge on any atom is 0.171 e. The summed E-state index contributed by atoms with van der Waals surface area (Å²) in [4.78, 5) is 0. The number of nitrogens with one attached hydrogen (secondary N) is 2. The van der Waals surface area contributed by atoms with Gasteiger partial charge in [-0.25, -0.2) is 0 Å². The second-order valence-corrected chi connectivity index (χ2v) is 6.31. The molecule has 0 bridgehead atoms. The molecule has 4 heteroatoms. The molecule has 122 valence electrons. The minimum absolute atomic E-state index is 0.116. The normalized spacial score (nSPS) is 11.8. The summed E-state index contributed by atoms with van der Waals surface area (Å²) in [6.45, 7) is 6.96. The van der Waals surface area contributed by atoms with Crippen molar-refractivity contribution in [2.24, 2.45) is 0 Å². The number of hydrogen-bond acceptors (Lipinski definition) is 2. The Kier molecular flexibility index (Phi) is 6.41. The summed E-state index contributed by atoms with van der Waals surface area (Å²) in [6.07, 6.45) is 0. The predicted molar refractivity (Wildman–Crippen MR) is 101 cm³/mol. The summed E-state index contributed by atoms with van der Waals surface area (Å²) in [7, 11) is 0. The number of anilines is 1. The van der Waals surface area contributed by atoms with E-state index in [2.05, 4.69) is 48.7 Å². The van der Waals surface area contributed by atoms with Gasteiger partial charge in [-0.15, -0.1) is 0 Å². The van der Waals surface area contributed by atoms with Gasteiger partial charge in [0.2, 0.25) is 0 Å². The van der Waals surface area contributed by atoms with Crippen LogP contribution < -0.4 is 15.4 Å². The highest BCUT2D eigenvalue weighted by atomic mass is 32.1. The van der Waals surface area contributed by atoms with E-state index >= 15 is 0 Å². The van der Waals surface area contributed by atoms with E-state index in [-0.39, 0.29) is 6.04 Å². The largest absolute Gasteiger partial charge is 0.491 e. The van der Waals surface area contributed by atoms with Gasteiger partial charge in [-0.2, -0.15) is 0 Å².